The van der Waals surface area contributed by atoms with Gasteiger partial charge in [0.05, 0.1) is 0 Å². The van der Waals surface area contributed by atoms with E-state index in [1.807, 2.05) is 6.07 Å². The molecule has 0 saturated heterocycles. The Kier molecular flexibility index (Phi) is 4.69. The Morgan fingerprint density at radius 3 is 2.41 bits per heavy atom. The van der Waals surface area contributed by atoms with Gasteiger partial charge in [0.1, 0.15) is 0 Å². The molecule has 1 aliphatic carbocycles. The van der Waals surface area contributed by atoms with Crippen molar-refractivity contribution in [2.24, 2.45) is 0 Å². The maximum absolute atomic E-state index is 6.31. The largest absolute Gasteiger partial charge is 0.347 e. The molecule has 2 aliphatic rings. The number of likely N-dealkylation sites (N-methyl/N-ethyl adjacent to an activating group) is 1. The van der Waals surface area contributed by atoms with Crippen LogP contribution in [-0.2, 0) is 10.8 Å². The summed E-state index contributed by atoms with van der Waals surface area (Å²) in [7, 11) is 2.15. The Morgan fingerprint density at radius 2 is 1.62 bits per heavy atom. The summed E-state index contributed by atoms with van der Waals surface area (Å²) < 4.78 is 0. The van der Waals surface area contributed by atoms with Gasteiger partial charge in [0.25, 0.3) is 0 Å². The van der Waals surface area contributed by atoms with Crippen LogP contribution < -0.4 is 4.90 Å². The highest BCUT2D eigenvalue weighted by Gasteiger charge is 2.38. The zero-order valence-corrected chi connectivity index (χ0v) is 20.5. The lowest BCUT2D eigenvalue weighted by atomic mass is 9.80. The minimum atomic E-state index is -0.0902. The van der Waals surface area contributed by atoms with E-state index in [0.29, 0.717) is 0 Å². The highest BCUT2D eigenvalue weighted by molar-refractivity contribution is 6.30. The Bertz CT molecular complexity index is 1350. The Labute approximate surface area is 196 Å². The Morgan fingerprint density at radius 1 is 0.875 bits per heavy atom. The molecule has 162 valence electrons. The second-order valence-corrected chi connectivity index (χ2v) is 10.6. The molecule has 0 spiro atoms. The SMILES string of the molecule is CC1=C(/C=C/C=C2\N(C)c3ccc(Cl)cc3C2(C)C)C(C)(C)c2ccc3ccccc3c21. The smallest absolute Gasteiger partial charge is 0.0449 e. The topological polar surface area (TPSA) is 3.24 Å². The average Bonchev–Trinajstić information content (AvgIpc) is 3.07. The summed E-state index contributed by atoms with van der Waals surface area (Å²) in [6.45, 7) is 11.5. The van der Waals surface area contributed by atoms with Crippen molar-refractivity contribution >= 4 is 33.6 Å². The lowest BCUT2D eigenvalue weighted by Crippen LogP contribution is -2.22. The number of allylic oxidation sites excluding steroid dienone is 6. The third kappa shape index (κ3) is 2.91. The molecule has 0 aromatic heterocycles. The number of benzene rings is 3. The van der Waals surface area contributed by atoms with Crippen LogP contribution in [-0.4, -0.2) is 7.05 Å². The molecular weight excluding hydrogens is 410 g/mol. The molecule has 1 aliphatic heterocycles. The maximum Gasteiger partial charge on any atom is 0.0449 e. The highest BCUT2D eigenvalue weighted by Crippen LogP contribution is 2.50. The quantitative estimate of drug-likeness (QED) is 0.387. The fourth-order valence-corrected chi connectivity index (χ4v) is 5.99. The van der Waals surface area contributed by atoms with Crippen molar-refractivity contribution < 1.29 is 0 Å². The van der Waals surface area contributed by atoms with Crippen molar-refractivity contribution in [3.8, 4) is 0 Å². The van der Waals surface area contributed by atoms with E-state index in [9.17, 15) is 0 Å². The third-order valence-corrected chi connectivity index (χ3v) is 7.80. The van der Waals surface area contributed by atoms with Crippen LogP contribution in [0.2, 0.25) is 5.02 Å². The van der Waals surface area contributed by atoms with E-state index >= 15 is 0 Å². The molecule has 0 unspecified atom stereocenters. The zero-order chi connectivity index (χ0) is 22.8. The van der Waals surface area contributed by atoms with Gasteiger partial charge < -0.3 is 4.90 Å². The van der Waals surface area contributed by atoms with Crippen LogP contribution >= 0.6 is 11.6 Å². The van der Waals surface area contributed by atoms with Gasteiger partial charge in [-0.1, -0.05) is 87.8 Å². The fourth-order valence-electron chi connectivity index (χ4n) is 5.82. The minimum absolute atomic E-state index is 0.0218. The van der Waals surface area contributed by atoms with Crippen LogP contribution in [0.1, 0.15) is 51.3 Å². The first-order valence-corrected chi connectivity index (χ1v) is 11.7. The molecule has 0 radical (unpaired) electrons. The summed E-state index contributed by atoms with van der Waals surface area (Å²) in [6.07, 6.45) is 6.82. The number of fused-ring (bicyclic) bond motifs is 4. The fraction of sp³-hybridized carbons (Fsp3) is 0.267. The van der Waals surface area contributed by atoms with Gasteiger partial charge in [-0.3, -0.25) is 0 Å². The molecule has 0 N–H and O–H groups in total. The number of anilines is 1. The molecular formula is C30H30ClN. The third-order valence-electron chi connectivity index (χ3n) is 7.57. The first-order valence-electron chi connectivity index (χ1n) is 11.3. The minimum Gasteiger partial charge on any atom is -0.347 e. The summed E-state index contributed by atoms with van der Waals surface area (Å²) >= 11 is 6.31. The van der Waals surface area contributed by atoms with E-state index in [1.54, 1.807) is 0 Å². The summed E-state index contributed by atoms with van der Waals surface area (Å²) in [4.78, 5) is 2.29. The molecule has 1 nitrogen and oxygen atoms in total. The molecule has 0 atom stereocenters. The van der Waals surface area contributed by atoms with Crippen molar-refractivity contribution in [3.63, 3.8) is 0 Å². The molecule has 2 heteroatoms. The summed E-state index contributed by atoms with van der Waals surface area (Å²) in [5, 5.41) is 3.45. The van der Waals surface area contributed by atoms with Gasteiger partial charge in [-0.25, -0.2) is 0 Å². The number of rotatable bonds is 2. The van der Waals surface area contributed by atoms with Gasteiger partial charge in [0.2, 0.25) is 0 Å². The zero-order valence-electron chi connectivity index (χ0n) is 19.8. The summed E-state index contributed by atoms with van der Waals surface area (Å²) in [5.74, 6) is 0. The molecule has 1 heterocycles. The predicted octanol–water partition coefficient (Wildman–Crippen LogP) is 8.43. The second kappa shape index (κ2) is 7.12. The second-order valence-electron chi connectivity index (χ2n) is 10.1. The summed E-state index contributed by atoms with van der Waals surface area (Å²) in [6, 6.07) is 19.5. The van der Waals surface area contributed by atoms with Crippen molar-refractivity contribution in [2.75, 3.05) is 11.9 Å². The Balaban J connectivity index is 1.57. The molecule has 5 rings (SSSR count). The van der Waals surface area contributed by atoms with Crippen LogP contribution in [0, 0.1) is 0 Å². The highest BCUT2D eigenvalue weighted by atomic mass is 35.5. The average molecular weight is 440 g/mol. The van der Waals surface area contributed by atoms with E-state index in [0.717, 1.165) is 5.02 Å². The van der Waals surface area contributed by atoms with Crippen LogP contribution in [0.4, 0.5) is 5.69 Å². The van der Waals surface area contributed by atoms with Gasteiger partial charge in [-0.15, -0.1) is 0 Å². The molecule has 3 aromatic carbocycles. The first-order chi connectivity index (χ1) is 15.1. The van der Waals surface area contributed by atoms with Crippen LogP contribution in [0.25, 0.3) is 16.3 Å². The molecule has 0 amide bonds. The Hall–Kier alpha value is -2.77. The van der Waals surface area contributed by atoms with Crippen LogP contribution in [0.3, 0.4) is 0 Å². The van der Waals surface area contributed by atoms with Gasteiger partial charge >= 0.3 is 0 Å². The van der Waals surface area contributed by atoms with Gasteiger partial charge in [-0.05, 0) is 69.8 Å². The maximum atomic E-state index is 6.31. The number of nitrogens with zero attached hydrogens (tertiary/aromatic N) is 1. The van der Waals surface area contributed by atoms with E-state index in [-0.39, 0.29) is 10.8 Å². The number of hydrogen-bond acceptors (Lipinski definition) is 1. The van der Waals surface area contributed by atoms with Crippen molar-refractivity contribution in [1.82, 2.24) is 0 Å². The molecule has 0 bridgehead atoms. The van der Waals surface area contributed by atoms with Crippen molar-refractivity contribution in [1.29, 1.82) is 0 Å². The molecule has 0 saturated carbocycles. The summed E-state index contributed by atoms with van der Waals surface area (Å²) in [5.41, 5.74) is 9.27. The van der Waals surface area contributed by atoms with E-state index in [4.69, 9.17) is 11.6 Å². The molecule has 0 fully saturated rings. The lowest BCUT2D eigenvalue weighted by Gasteiger charge is -2.24. The molecule has 32 heavy (non-hydrogen) atoms. The van der Waals surface area contributed by atoms with Gasteiger partial charge in [0, 0.05) is 34.3 Å². The monoisotopic (exact) mass is 439 g/mol. The predicted molar refractivity (Wildman–Crippen MR) is 140 cm³/mol. The number of halogens is 1. The lowest BCUT2D eigenvalue weighted by molar-refractivity contribution is 0.640. The normalized spacial score (nSPS) is 20.0. The van der Waals surface area contributed by atoms with E-state index in [1.165, 1.54) is 50.0 Å². The van der Waals surface area contributed by atoms with E-state index in [2.05, 4.69) is 113 Å². The number of hydrogen-bond donors (Lipinski definition) is 0. The molecule has 3 aromatic rings. The first kappa shape index (κ1) is 21.1. The van der Waals surface area contributed by atoms with Gasteiger partial charge in [0.15, 0.2) is 0 Å². The van der Waals surface area contributed by atoms with Crippen molar-refractivity contribution in [3.05, 3.63) is 106 Å². The van der Waals surface area contributed by atoms with E-state index < -0.39 is 0 Å². The van der Waals surface area contributed by atoms with Crippen molar-refractivity contribution in [2.45, 2.75) is 45.4 Å². The van der Waals surface area contributed by atoms with Crippen LogP contribution in [0.15, 0.2) is 84.1 Å². The van der Waals surface area contributed by atoms with Crippen LogP contribution in [0.5, 0.6) is 0 Å². The van der Waals surface area contributed by atoms with Gasteiger partial charge in [-0.2, -0.15) is 0 Å². The standard InChI is InChI=1S/C30H30ClN/c1-19-23(29(2,3)24-16-14-20-10-7-8-11-22(20)28(19)24)12-9-13-27-30(4,5)25-18-21(31)15-17-26(25)32(27)6/h7-18H,1-6H3/b12-9+,27-13-.